The van der Waals surface area contributed by atoms with Gasteiger partial charge in [0.05, 0.1) is 11.2 Å². The van der Waals surface area contributed by atoms with Gasteiger partial charge in [-0.25, -0.2) is 0 Å². The molecule has 1 aliphatic carbocycles. The Morgan fingerprint density at radius 2 is 1.89 bits per heavy atom. The van der Waals surface area contributed by atoms with Gasteiger partial charge in [0.2, 0.25) is 0 Å². The predicted octanol–water partition coefficient (Wildman–Crippen LogP) is 4.26. The average Bonchev–Trinajstić information content (AvgIpc) is 2.76. The Hall–Kier alpha value is -1.20. The van der Waals surface area contributed by atoms with Gasteiger partial charge in [-0.1, -0.05) is 57.6 Å². The Bertz CT molecular complexity index is 507. The van der Waals surface area contributed by atoms with Crippen LogP contribution < -0.4 is 0 Å². The van der Waals surface area contributed by atoms with Crippen molar-refractivity contribution in [2.75, 3.05) is 0 Å². The third-order valence-corrected chi connectivity index (χ3v) is 5.70. The molecule has 0 heterocycles. The van der Waals surface area contributed by atoms with Gasteiger partial charge in [-0.2, -0.15) is 0 Å². The van der Waals surface area contributed by atoms with Gasteiger partial charge in [-0.05, 0) is 33.1 Å². The number of Topliss-reactive ketones (excluding diaryl/α,β-unsaturated/α-hetero) is 1. The fraction of sp³-hybridized carbons (Fsp3) is 0.818. The minimum Gasteiger partial charge on any atom is -0.481 e. The average molecular weight is 383 g/mol. The van der Waals surface area contributed by atoms with Crippen molar-refractivity contribution in [1.82, 2.24) is 0 Å². The minimum atomic E-state index is -1.07. The van der Waals surface area contributed by atoms with Crippen LogP contribution in [0.2, 0.25) is 0 Å². The van der Waals surface area contributed by atoms with Crippen LogP contribution in [-0.2, 0) is 9.59 Å². The highest BCUT2D eigenvalue weighted by Crippen LogP contribution is 2.41. The Morgan fingerprint density at radius 3 is 2.52 bits per heavy atom. The fourth-order valence-corrected chi connectivity index (χ4v) is 4.04. The molecule has 3 N–H and O–H groups in total. The van der Waals surface area contributed by atoms with Crippen molar-refractivity contribution in [3.63, 3.8) is 0 Å². The summed E-state index contributed by atoms with van der Waals surface area (Å²) in [5, 5.41) is 29.9. The maximum Gasteiger partial charge on any atom is 0.303 e. The number of ketones is 1. The highest BCUT2D eigenvalue weighted by atomic mass is 16.4. The van der Waals surface area contributed by atoms with Gasteiger partial charge in [0.1, 0.15) is 5.78 Å². The van der Waals surface area contributed by atoms with Gasteiger partial charge in [-0.3, -0.25) is 9.59 Å². The first-order valence-electron chi connectivity index (χ1n) is 10.5. The zero-order valence-electron chi connectivity index (χ0n) is 17.2. The van der Waals surface area contributed by atoms with Gasteiger partial charge in [0.25, 0.3) is 0 Å². The van der Waals surface area contributed by atoms with Crippen LogP contribution in [0.15, 0.2) is 12.2 Å². The second kappa shape index (κ2) is 11.0. The van der Waals surface area contributed by atoms with Gasteiger partial charge >= 0.3 is 5.97 Å². The summed E-state index contributed by atoms with van der Waals surface area (Å²) in [5.74, 6) is -1.18. The van der Waals surface area contributed by atoms with E-state index in [-0.39, 0.29) is 30.5 Å². The number of hydrogen-bond donors (Lipinski definition) is 3. The Morgan fingerprint density at radius 1 is 1.22 bits per heavy atom. The number of carboxylic acid groups (broad SMARTS) is 1. The van der Waals surface area contributed by atoms with E-state index >= 15 is 0 Å². The molecule has 5 nitrogen and oxygen atoms in total. The van der Waals surface area contributed by atoms with Crippen LogP contribution in [0, 0.1) is 11.8 Å². The maximum atomic E-state index is 12.4. The van der Waals surface area contributed by atoms with Crippen LogP contribution >= 0.6 is 0 Å². The first-order chi connectivity index (χ1) is 12.6. The van der Waals surface area contributed by atoms with Crippen molar-refractivity contribution in [2.24, 2.45) is 11.8 Å². The number of carboxylic acids is 1. The molecule has 5 heteroatoms. The SMILES string of the molecule is CCCCCC(C)(O)/C=C/[C@@H]1[C@@H](CCCCCCC(=O)O)C(=O)C[C@@]1(C)O. The summed E-state index contributed by atoms with van der Waals surface area (Å²) in [6.07, 6.45) is 11.7. The molecule has 1 saturated carbocycles. The molecule has 0 saturated heterocycles. The quantitative estimate of drug-likeness (QED) is 0.327. The lowest BCUT2D eigenvalue weighted by Gasteiger charge is -2.27. The number of unbranched alkanes of at least 4 members (excludes halogenated alkanes) is 5. The second-order valence-electron chi connectivity index (χ2n) is 8.65. The Labute approximate surface area is 163 Å². The number of aliphatic carboxylic acids is 1. The van der Waals surface area contributed by atoms with E-state index in [2.05, 4.69) is 6.92 Å². The summed E-state index contributed by atoms with van der Waals surface area (Å²) in [4.78, 5) is 22.9. The highest BCUT2D eigenvalue weighted by Gasteiger charge is 2.47. The smallest absolute Gasteiger partial charge is 0.303 e. The van der Waals surface area contributed by atoms with Crippen molar-refractivity contribution < 1.29 is 24.9 Å². The van der Waals surface area contributed by atoms with E-state index in [1.807, 2.05) is 6.08 Å². The highest BCUT2D eigenvalue weighted by molar-refractivity contribution is 5.85. The van der Waals surface area contributed by atoms with Crippen LogP contribution in [0.3, 0.4) is 0 Å². The molecule has 1 fully saturated rings. The number of carbonyl (C=O) groups excluding carboxylic acids is 1. The van der Waals surface area contributed by atoms with Crippen molar-refractivity contribution in [3.8, 4) is 0 Å². The lowest BCUT2D eigenvalue weighted by Crippen LogP contribution is -2.31. The lowest BCUT2D eigenvalue weighted by atomic mass is 9.82. The lowest BCUT2D eigenvalue weighted by molar-refractivity contribution is -0.137. The van der Waals surface area contributed by atoms with E-state index in [0.717, 1.165) is 38.5 Å². The first kappa shape index (κ1) is 23.8. The van der Waals surface area contributed by atoms with Crippen molar-refractivity contribution in [1.29, 1.82) is 0 Å². The summed E-state index contributed by atoms with van der Waals surface area (Å²) < 4.78 is 0. The second-order valence-corrected chi connectivity index (χ2v) is 8.65. The largest absolute Gasteiger partial charge is 0.481 e. The molecule has 1 aliphatic rings. The molecular formula is C22H38O5. The van der Waals surface area contributed by atoms with Crippen LogP contribution in [-0.4, -0.2) is 38.3 Å². The molecule has 0 radical (unpaired) electrons. The minimum absolute atomic E-state index is 0.0887. The van der Waals surface area contributed by atoms with E-state index in [1.165, 1.54) is 0 Å². The van der Waals surface area contributed by atoms with Crippen LogP contribution in [0.5, 0.6) is 0 Å². The third kappa shape index (κ3) is 8.56. The standard InChI is InChI=1S/C22H38O5/c1-4-5-10-14-21(2,26)15-13-18-17(19(23)16-22(18,3)27)11-8-6-7-9-12-20(24)25/h13,15,17-18,26-27H,4-12,14,16H2,1-3H3,(H,24,25)/b15-13+/t17-,18-,21?,22-/m1/s1. The first-order valence-corrected chi connectivity index (χ1v) is 10.5. The summed E-state index contributed by atoms with van der Waals surface area (Å²) >= 11 is 0. The van der Waals surface area contributed by atoms with Crippen LogP contribution in [0.4, 0.5) is 0 Å². The summed E-state index contributed by atoms with van der Waals surface area (Å²) in [6.45, 7) is 5.61. The Balaban J connectivity index is 2.60. The molecule has 27 heavy (non-hydrogen) atoms. The normalized spacial score (nSPS) is 28.0. The molecule has 4 atom stereocenters. The molecule has 1 rings (SSSR count). The number of rotatable bonds is 13. The Kier molecular flexibility index (Phi) is 9.68. The summed E-state index contributed by atoms with van der Waals surface area (Å²) in [7, 11) is 0. The molecule has 0 aliphatic heterocycles. The van der Waals surface area contributed by atoms with Gasteiger partial charge < -0.3 is 15.3 Å². The number of carbonyl (C=O) groups is 2. The van der Waals surface area contributed by atoms with Crippen molar-refractivity contribution >= 4 is 11.8 Å². The van der Waals surface area contributed by atoms with Gasteiger partial charge in [0.15, 0.2) is 0 Å². The van der Waals surface area contributed by atoms with Gasteiger partial charge in [0, 0.05) is 24.7 Å². The zero-order valence-corrected chi connectivity index (χ0v) is 17.2. The predicted molar refractivity (Wildman–Crippen MR) is 106 cm³/mol. The topological polar surface area (TPSA) is 94.8 Å². The monoisotopic (exact) mass is 382 g/mol. The van der Waals surface area contributed by atoms with E-state index in [1.54, 1.807) is 19.9 Å². The van der Waals surface area contributed by atoms with Gasteiger partial charge in [-0.15, -0.1) is 0 Å². The molecule has 0 aromatic heterocycles. The van der Waals surface area contributed by atoms with E-state index in [0.29, 0.717) is 19.3 Å². The van der Waals surface area contributed by atoms with E-state index < -0.39 is 17.2 Å². The van der Waals surface area contributed by atoms with E-state index in [4.69, 9.17) is 5.11 Å². The molecule has 0 aromatic rings. The molecule has 1 unspecified atom stereocenters. The summed E-state index contributed by atoms with van der Waals surface area (Å²) in [6, 6.07) is 0. The molecule has 0 bridgehead atoms. The van der Waals surface area contributed by atoms with Crippen LogP contribution in [0.1, 0.15) is 91.4 Å². The van der Waals surface area contributed by atoms with Crippen molar-refractivity contribution in [2.45, 2.75) is 103 Å². The fourth-order valence-electron chi connectivity index (χ4n) is 4.04. The zero-order chi connectivity index (χ0) is 20.5. The maximum absolute atomic E-state index is 12.4. The molecule has 0 aromatic carbocycles. The van der Waals surface area contributed by atoms with E-state index in [9.17, 15) is 19.8 Å². The summed E-state index contributed by atoms with van der Waals surface area (Å²) in [5.41, 5.74) is -1.99. The molecular weight excluding hydrogens is 344 g/mol. The van der Waals surface area contributed by atoms with Crippen LogP contribution in [0.25, 0.3) is 0 Å². The molecule has 0 spiro atoms. The molecule has 156 valence electrons. The molecule has 0 amide bonds. The number of aliphatic hydroxyl groups is 2. The third-order valence-electron chi connectivity index (χ3n) is 5.70. The number of hydrogen-bond acceptors (Lipinski definition) is 4. The van der Waals surface area contributed by atoms with Crippen molar-refractivity contribution in [3.05, 3.63) is 12.2 Å².